The van der Waals surface area contributed by atoms with Crippen LogP contribution in [0.3, 0.4) is 0 Å². The molecule has 0 spiro atoms. The van der Waals surface area contributed by atoms with E-state index >= 15 is 0 Å². The van der Waals surface area contributed by atoms with Crippen LogP contribution in [0.2, 0.25) is 0 Å². The van der Waals surface area contributed by atoms with E-state index in [4.69, 9.17) is 4.98 Å². The van der Waals surface area contributed by atoms with Gasteiger partial charge in [0, 0.05) is 24.0 Å². The molecule has 2 heterocycles. The minimum absolute atomic E-state index is 0.0165. The number of benzene rings is 1. The van der Waals surface area contributed by atoms with E-state index in [-0.39, 0.29) is 17.5 Å². The first-order chi connectivity index (χ1) is 14.4. The number of hydrogen-bond donors (Lipinski definition) is 2. The number of aryl methyl sites for hydroxylation is 1. The monoisotopic (exact) mass is 424 g/mol. The molecule has 30 heavy (non-hydrogen) atoms. The molecule has 0 saturated heterocycles. The number of nitrogens with one attached hydrogen (secondary N) is 2. The number of aromatic nitrogens is 2. The molecule has 1 aliphatic carbocycles. The second-order valence-corrected chi connectivity index (χ2v) is 9.43. The quantitative estimate of drug-likeness (QED) is 0.655. The van der Waals surface area contributed by atoms with E-state index < -0.39 is 0 Å². The first kappa shape index (κ1) is 20.8. The first-order valence-corrected chi connectivity index (χ1v) is 11.2. The summed E-state index contributed by atoms with van der Waals surface area (Å²) in [5.74, 6) is 1.28. The summed E-state index contributed by atoms with van der Waals surface area (Å²) >= 11 is 1.68. The van der Waals surface area contributed by atoms with E-state index in [2.05, 4.69) is 29.0 Å². The Morgan fingerprint density at radius 1 is 1.37 bits per heavy atom. The molecule has 1 aliphatic rings. The topological polar surface area (TPSA) is 78.1 Å². The average molecular weight is 425 g/mol. The van der Waals surface area contributed by atoms with E-state index in [0.29, 0.717) is 23.9 Å². The van der Waals surface area contributed by atoms with Crippen LogP contribution in [-0.2, 0) is 19.4 Å². The van der Waals surface area contributed by atoms with Crippen LogP contribution < -0.4 is 10.9 Å². The summed E-state index contributed by atoms with van der Waals surface area (Å²) in [5.41, 5.74) is 2.94. The fourth-order valence-electron chi connectivity index (χ4n) is 4.10. The molecule has 7 heteroatoms. The van der Waals surface area contributed by atoms with Gasteiger partial charge in [-0.25, -0.2) is 4.98 Å². The molecule has 1 amide bonds. The largest absolute Gasteiger partial charge is 0.355 e. The number of carbonyl (C=O) groups is 1. The van der Waals surface area contributed by atoms with Crippen LogP contribution in [0.4, 0.5) is 0 Å². The molecule has 0 fully saturated rings. The van der Waals surface area contributed by atoms with E-state index in [1.165, 1.54) is 10.4 Å². The number of fused-ring (bicyclic) bond motifs is 3. The maximum absolute atomic E-state index is 12.9. The number of rotatable bonds is 5. The molecule has 0 unspecified atom stereocenters. The minimum atomic E-state index is -0.0913. The van der Waals surface area contributed by atoms with Crippen molar-refractivity contribution in [2.24, 2.45) is 5.92 Å². The van der Waals surface area contributed by atoms with Crippen LogP contribution >= 0.6 is 11.3 Å². The lowest BCUT2D eigenvalue weighted by Gasteiger charge is -2.24. The van der Waals surface area contributed by atoms with Crippen molar-refractivity contribution in [2.45, 2.75) is 45.7 Å². The second-order valence-electron chi connectivity index (χ2n) is 8.35. The van der Waals surface area contributed by atoms with E-state index in [0.717, 1.165) is 35.0 Å². The van der Waals surface area contributed by atoms with E-state index in [1.54, 1.807) is 18.4 Å². The third-order valence-electron chi connectivity index (χ3n) is 6.12. The van der Waals surface area contributed by atoms with Gasteiger partial charge in [0.2, 0.25) is 0 Å². The zero-order valence-electron chi connectivity index (χ0n) is 17.9. The Morgan fingerprint density at radius 3 is 2.80 bits per heavy atom. The third-order valence-corrected chi connectivity index (χ3v) is 7.26. The zero-order valence-corrected chi connectivity index (χ0v) is 18.7. The number of amides is 1. The molecule has 0 bridgehead atoms. The highest BCUT2D eigenvalue weighted by atomic mass is 32.1. The van der Waals surface area contributed by atoms with Crippen LogP contribution in [0.5, 0.6) is 0 Å². The summed E-state index contributed by atoms with van der Waals surface area (Å²) in [6.45, 7) is 5.02. The summed E-state index contributed by atoms with van der Waals surface area (Å²) in [6.07, 6.45) is 3.16. The average Bonchev–Trinajstić information content (AvgIpc) is 3.10. The Hall–Kier alpha value is -2.51. The van der Waals surface area contributed by atoms with Gasteiger partial charge in [-0.3, -0.25) is 14.5 Å². The molecule has 2 N–H and O–H groups in total. The predicted molar refractivity (Wildman–Crippen MR) is 121 cm³/mol. The third kappa shape index (κ3) is 3.91. The Morgan fingerprint density at radius 2 is 2.10 bits per heavy atom. The summed E-state index contributed by atoms with van der Waals surface area (Å²) in [5, 5.41) is 3.43. The van der Waals surface area contributed by atoms with Gasteiger partial charge in [-0.1, -0.05) is 19.1 Å². The van der Waals surface area contributed by atoms with Crippen molar-refractivity contribution < 1.29 is 4.79 Å². The lowest BCUT2D eigenvalue weighted by Crippen LogP contribution is -2.26. The van der Waals surface area contributed by atoms with Gasteiger partial charge in [0.25, 0.3) is 11.5 Å². The second kappa shape index (κ2) is 8.32. The van der Waals surface area contributed by atoms with Crippen LogP contribution in [-0.4, -0.2) is 34.9 Å². The molecule has 6 nitrogen and oxygen atoms in total. The lowest BCUT2D eigenvalue weighted by molar-refractivity contribution is 0.0963. The molecule has 0 radical (unpaired) electrons. The lowest BCUT2D eigenvalue weighted by atomic mass is 9.89. The first-order valence-electron chi connectivity index (χ1n) is 10.4. The molecule has 0 saturated carbocycles. The van der Waals surface area contributed by atoms with Gasteiger partial charge in [-0.05, 0) is 62.4 Å². The van der Waals surface area contributed by atoms with Gasteiger partial charge in [-0.2, -0.15) is 0 Å². The smallest absolute Gasteiger partial charge is 0.259 e. The number of hydrogen-bond acceptors (Lipinski definition) is 5. The van der Waals surface area contributed by atoms with Crippen molar-refractivity contribution in [3.05, 3.63) is 62.0 Å². The fraction of sp³-hybridized carbons (Fsp3) is 0.435. The molecule has 2 aromatic heterocycles. The molecular weight excluding hydrogens is 396 g/mol. The van der Waals surface area contributed by atoms with Crippen molar-refractivity contribution in [3.8, 4) is 0 Å². The SMILES string of the molecule is CNC(=O)c1ccc(CN(C)[C@@H](C)c2nc3sc4c(c3c(=O)[nH]2)CC[C@@H](C)C4)cc1. The maximum atomic E-state index is 12.9. The van der Waals surface area contributed by atoms with Crippen molar-refractivity contribution in [3.63, 3.8) is 0 Å². The number of nitrogens with zero attached hydrogens (tertiary/aromatic N) is 2. The molecule has 4 rings (SSSR count). The minimum Gasteiger partial charge on any atom is -0.355 e. The molecule has 158 valence electrons. The van der Waals surface area contributed by atoms with Crippen molar-refractivity contribution in [2.75, 3.05) is 14.1 Å². The summed E-state index contributed by atoms with van der Waals surface area (Å²) in [6, 6.07) is 7.54. The fourth-order valence-corrected chi connectivity index (χ4v) is 5.49. The molecule has 1 aromatic carbocycles. The Labute approximate surface area is 180 Å². The van der Waals surface area contributed by atoms with Gasteiger partial charge < -0.3 is 10.3 Å². The summed E-state index contributed by atoms with van der Waals surface area (Å²) < 4.78 is 0. The van der Waals surface area contributed by atoms with E-state index in [1.807, 2.05) is 31.3 Å². The molecule has 0 aliphatic heterocycles. The standard InChI is InChI=1S/C23H28N4O2S/c1-13-5-10-17-18(11-13)30-23-19(17)22(29)25-20(26-23)14(2)27(4)12-15-6-8-16(9-7-15)21(28)24-3/h6-9,13-14H,5,10-12H2,1-4H3,(H,24,28)(H,25,26,29)/t13-,14+/m1/s1. The van der Waals surface area contributed by atoms with Gasteiger partial charge in [-0.15, -0.1) is 11.3 Å². The Kier molecular flexibility index (Phi) is 5.75. The number of aromatic amines is 1. The Balaban J connectivity index is 1.56. The van der Waals surface area contributed by atoms with E-state index in [9.17, 15) is 9.59 Å². The van der Waals surface area contributed by atoms with Gasteiger partial charge in [0.15, 0.2) is 0 Å². The molecular formula is C23H28N4O2S. The van der Waals surface area contributed by atoms with Gasteiger partial charge >= 0.3 is 0 Å². The van der Waals surface area contributed by atoms with Crippen molar-refractivity contribution in [1.29, 1.82) is 0 Å². The number of thiophene rings is 1. The van der Waals surface area contributed by atoms with Crippen LogP contribution in [0.15, 0.2) is 29.1 Å². The van der Waals surface area contributed by atoms with Crippen molar-refractivity contribution >= 4 is 27.5 Å². The Bertz CT molecular complexity index is 1130. The van der Waals surface area contributed by atoms with Gasteiger partial charge in [0.05, 0.1) is 11.4 Å². The molecule has 2 atom stereocenters. The molecule has 3 aromatic rings. The summed E-state index contributed by atoms with van der Waals surface area (Å²) in [4.78, 5) is 36.8. The van der Waals surface area contributed by atoms with Crippen molar-refractivity contribution in [1.82, 2.24) is 20.2 Å². The highest BCUT2D eigenvalue weighted by molar-refractivity contribution is 7.18. The van der Waals surface area contributed by atoms with Crippen LogP contribution in [0, 0.1) is 5.92 Å². The number of H-pyrrole nitrogens is 1. The maximum Gasteiger partial charge on any atom is 0.259 e. The van der Waals surface area contributed by atoms with Crippen LogP contribution in [0.25, 0.3) is 10.2 Å². The normalized spacial score (nSPS) is 17.2. The van der Waals surface area contributed by atoms with Crippen LogP contribution in [0.1, 0.15) is 58.5 Å². The van der Waals surface area contributed by atoms with Gasteiger partial charge in [0.1, 0.15) is 10.7 Å². The predicted octanol–water partition coefficient (Wildman–Crippen LogP) is 3.66. The highest BCUT2D eigenvalue weighted by Gasteiger charge is 2.24. The highest BCUT2D eigenvalue weighted by Crippen LogP contribution is 2.36. The number of carbonyl (C=O) groups excluding carboxylic acids is 1. The summed E-state index contributed by atoms with van der Waals surface area (Å²) in [7, 11) is 3.64. The zero-order chi connectivity index (χ0) is 21.4.